The maximum absolute atomic E-state index is 10.7. The van der Waals surface area contributed by atoms with Gasteiger partial charge >= 0.3 is 0 Å². The second kappa shape index (κ2) is 4.86. The van der Waals surface area contributed by atoms with Gasteiger partial charge in [-0.2, -0.15) is 0 Å². The molecule has 0 amide bonds. The first-order valence-corrected chi connectivity index (χ1v) is 4.53. The Morgan fingerprint density at radius 3 is 2.36 bits per heavy atom. The fourth-order valence-electron chi connectivity index (χ4n) is 1.26. The fraction of sp³-hybridized carbons (Fsp3) is 0.455. The van der Waals surface area contributed by atoms with Crippen molar-refractivity contribution in [3.63, 3.8) is 0 Å². The van der Waals surface area contributed by atoms with Crippen LogP contribution in [0, 0.1) is 0 Å². The highest BCUT2D eigenvalue weighted by Crippen LogP contribution is 2.30. The van der Waals surface area contributed by atoms with E-state index in [-0.39, 0.29) is 12.5 Å². The van der Waals surface area contributed by atoms with E-state index in [1.165, 1.54) is 0 Å². The molecule has 1 rings (SSSR count). The van der Waals surface area contributed by atoms with E-state index in [9.17, 15) is 5.11 Å². The quantitative estimate of drug-likeness (QED) is 0.739. The molecule has 0 aliphatic heterocycles. The topological polar surface area (TPSA) is 38.4 Å². The van der Waals surface area contributed by atoms with Crippen LogP contribution in [0.2, 0.25) is 0 Å². The minimum Gasteiger partial charge on any atom is -0.493 e. The minimum absolute atomic E-state index is 0.00908. The summed E-state index contributed by atoms with van der Waals surface area (Å²) in [5, 5.41) is 10.7. The average Bonchev–Trinajstić information content (AvgIpc) is 2.26. The Bertz CT molecular complexity index is 297. The third-order valence-electron chi connectivity index (χ3n) is 2.23. The molecule has 1 aromatic carbocycles. The lowest BCUT2D eigenvalue weighted by Crippen LogP contribution is -1.99. The second-order valence-corrected chi connectivity index (χ2v) is 3.18. The fourth-order valence-corrected chi connectivity index (χ4v) is 1.26. The van der Waals surface area contributed by atoms with Crippen LogP contribution in [-0.2, 0) is 5.11 Å². The van der Waals surface area contributed by atoms with Gasteiger partial charge in [0.25, 0.3) is 0 Å². The SMILES string of the molecule is COc1ccc(C(C)C[O])cc1OC. The zero-order valence-electron chi connectivity index (χ0n) is 8.74. The second-order valence-electron chi connectivity index (χ2n) is 3.18. The number of hydrogen-bond acceptors (Lipinski definition) is 2. The summed E-state index contributed by atoms with van der Waals surface area (Å²) in [6.07, 6.45) is 0. The van der Waals surface area contributed by atoms with Crippen LogP contribution in [0.25, 0.3) is 0 Å². The molecule has 0 aliphatic rings. The zero-order valence-corrected chi connectivity index (χ0v) is 8.74. The maximum Gasteiger partial charge on any atom is 0.160 e. The minimum atomic E-state index is -0.116. The smallest absolute Gasteiger partial charge is 0.160 e. The van der Waals surface area contributed by atoms with Crippen LogP contribution in [0.3, 0.4) is 0 Å². The monoisotopic (exact) mass is 195 g/mol. The molecule has 0 saturated carbocycles. The number of hydrogen-bond donors (Lipinski definition) is 0. The Morgan fingerprint density at radius 2 is 1.86 bits per heavy atom. The van der Waals surface area contributed by atoms with Crippen molar-refractivity contribution in [1.82, 2.24) is 0 Å². The molecule has 0 N–H and O–H groups in total. The van der Waals surface area contributed by atoms with Gasteiger partial charge in [-0.25, -0.2) is 5.11 Å². The summed E-state index contributed by atoms with van der Waals surface area (Å²) < 4.78 is 10.2. The van der Waals surface area contributed by atoms with Crippen LogP contribution in [-0.4, -0.2) is 20.8 Å². The maximum atomic E-state index is 10.7. The summed E-state index contributed by atoms with van der Waals surface area (Å²) in [7, 11) is 3.18. The van der Waals surface area contributed by atoms with Gasteiger partial charge in [-0.15, -0.1) is 0 Å². The Balaban J connectivity index is 3.01. The Labute approximate surface area is 84.3 Å². The number of rotatable bonds is 4. The summed E-state index contributed by atoms with van der Waals surface area (Å²) >= 11 is 0. The van der Waals surface area contributed by atoms with E-state index < -0.39 is 0 Å². The van der Waals surface area contributed by atoms with Crippen LogP contribution in [0.4, 0.5) is 0 Å². The number of ether oxygens (including phenoxy) is 2. The molecule has 1 unspecified atom stereocenters. The molecule has 0 saturated heterocycles. The third-order valence-corrected chi connectivity index (χ3v) is 2.23. The third kappa shape index (κ3) is 2.17. The van der Waals surface area contributed by atoms with E-state index in [1.807, 2.05) is 25.1 Å². The van der Waals surface area contributed by atoms with Crippen LogP contribution in [0.1, 0.15) is 18.4 Å². The number of methoxy groups -OCH3 is 2. The first kappa shape index (κ1) is 10.9. The lowest BCUT2D eigenvalue weighted by molar-refractivity contribution is 0.177. The molecule has 3 nitrogen and oxygen atoms in total. The van der Waals surface area contributed by atoms with Gasteiger partial charge in [0.1, 0.15) is 0 Å². The molecule has 1 radical (unpaired) electrons. The molecule has 0 aliphatic carbocycles. The lowest BCUT2D eigenvalue weighted by atomic mass is 10.0. The van der Waals surface area contributed by atoms with Gasteiger partial charge < -0.3 is 9.47 Å². The van der Waals surface area contributed by atoms with Crippen molar-refractivity contribution >= 4 is 0 Å². The van der Waals surface area contributed by atoms with Gasteiger partial charge in [0.05, 0.1) is 20.8 Å². The zero-order chi connectivity index (χ0) is 10.6. The van der Waals surface area contributed by atoms with Crippen molar-refractivity contribution in [3.8, 4) is 11.5 Å². The summed E-state index contributed by atoms with van der Waals surface area (Å²) in [5.41, 5.74) is 0.984. The molecule has 1 atom stereocenters. The van der Waals surface area contributed by atoms with E-state index in [0.717, 1.165) is 5.56 Å². The van der Waals surface area contributed by atoms with Crippen molar-refractivity contribution in [2.24, 2.45) is 0 Å². The Hall–Kier alpha value is -1.22. The van der Waals surface area contributed by atoms with Gasteiger partial charge in [-0.05, 0) is 17.7 Å². The van der Waals surface area contributed by atoms with Crippen LogP contribution < -0.4 is 9.47 Å². The highest BCUT2D eigenvalue weighted by atomic mass is 16.5. The largest absolute Gasteiger partial charge is 0.493 e. The molecule has 1 aromatic rings. The lowest BCUT2D eigenvalue weighted by Gasteiger charge is -2.12. The molecule has 0 aromatic heterocycles. The molecular formula is C11H15O3. The van der Waals surface area contributed by atoms with Gasteiger partial charge in [-0.1, -0.05) is 13.0 Å². The van der Waals surface area contributed by atoms with E-state index in [1.54, 1.807) is 14.2 Å². The van der Waals surface area contributed by atoms with Crippen LogP contribution in [0.5, 0.6) is 11.5 Å². The predicted molar refractivity (Wildman–Crippen MR) is 53.5 cm³/mol. The summed E-state index contributed by atoms with van der Waals surface area (Å²) in [4.78, 5) is 0. The van der Waals surface area contributed by atoms with Gasteiger partial charge in [-0.3, -0.25) is 0 Å². The van der Waals surface area contributed by atoms with E-state index in [2.05, 4.69) is 0 Å². The van der Waals surface area contributed by atoms with Crippen molar-refractivity contribution in [1.29, 1.82) is 0 Å². The highest BCUT2D eigenvalue weighted by molar-refractivity contribution is 5.43. The Kier molecular flexibility index (Phi) is 3.77. The first-order valence-electron chi connectivity index (χ1n) is 4.53. The molecule has 77 valence electrons. The van der Waals surface area contributed by atoms with Gasteiger partial charge in [0.15, 0.2) is 11.5 Å². The first-order chi connectivity index (χ1) is 6.72. The van der Waals surface area contributed by atoms with Crippen molar-refractivity contribution in [2.75, 3.05) is 20.8 Å². The molecule has 14 heavy (non-hydrogen) atoms. The van der Waals surface area contributed by atoms with E-state index >= 15 is 0 Å². The summed E-state index contributed by atoms with van der Waals surface area (Å²) in [6, 6.07) is 5.56. The summed E-state index contributed by atoms with van der Waals surface area (Å²) in [5.74, 6) is 1.37. The number of benzene rings is 1. The molecule has 0 bridgehead atoms. The van der Waals surface area contributed by atoms with Crippen molar-refractivity contribution in [3.05, 3.63) is 23.8 Å². The van der Waals surface area contributed by atoms with E-state index in [0.29, 0.717) is 11.5 Å². The normalized spacial score (nSPS) is 12.3. The predicted octanol–water partition coefficient (Wildman–Crippen LogP) is 2.24. The molecule has 3 heteroatoms. The molecule has 0 heterocycles. The Morgan fingerprint density at radius 1 is 1.21 bits per heavy atom. The van der Waals surface area contributed by atoms with Gasteiger partial charge in [0.2, 0.25) is 0 Å². The van der Waals surface area contributed by atoms with Gasteiger partial charge in [0, 0.05) is 5.92 Å². The summed E-state index contributed by atoms with van der Waals surface area (Å²) in [6.45, 7) is 1.78. The molecular weight excluding hydrogens is 180 g/mol. The van der Waals surface area contributed by atoms with Crippen LogP contribution in [0.15, 0.2) is 18.2 Å². The van der Waals surface area contributed by atoms with Crippen molar-refractivity contribution in [2.45, 2.75) is 12.8 Å². The van der Waals surface area contributed by atoms with Crippen molar-refractivity contribution < 1.29 is 14.6 Å². The highest BCUT2D eigenvalue weighted by Gasteiger charge is 2.09. The molecule has 0 fully saturated rings. The average molecular weight is 195 g/mol. The standard InChI is InChI=1S/C11H15O3/c1-8(7-12)9-4-5-10(13-2)11(6-9)14-3/h4-6,8H,7H2,1-3H3. The van der Waals surface area contributed by atoms with E-state index in [4.69, 9.17) is 9.47 Å². The molecule has 0 spiro atoms. The van der Waals surface area contributed by atoms with Crippen LogP contribution >= 0.6 is 0 Å².